The number of pyridine rings is 1. The average molecular weight is 490 g/mol. The number of unbranched alkanes of at least 4 members (excludes halogenated alkanes) is 3. The van der Waals surface area contributed by atoms with E-state index < -0.39 is 11.6 Å². The molecule has 0 amide bonds. The van der Waals surface area contributed by atoms with E-state index in [2.05, 4.69) is 37.6 Å². The maximum atomic E-state index is 14.6. The zero-order valence-corrected chi connectivity index (χ0v) is 21.5. The van der Waals surface area contributed by atoms with Crippen molar-refractivity contribution in [2.45, 2.75) is 64.9 Å². The first-order valence-electron chi connectivity index (χ1n) is 13.0. The Hall–Kier alpha value is -3.11. The molecule has 0 bridgehead atoms. The molecular formula is C32H37F2NO. The second-order valence-corrected chi connectivity index (χ2v) is 9.17. The van der Waals surface area contributed by atoms with Crippen LogP contribution in [0.25, 0.3) is 28.5 Å². The number of hydrogen-bond donors (Lipinski definition) is 0. The van der Waals surface area contributed by atoms with Crippen molar-refractivity contribution in [2.24, 2.45) is 0 Å². The minimum Gasteiger partial charge on any atom is -0.379 e. The third-order valence-corrected chi connectivity index (χ3v) is 6.25. The molecule has 2 aromatic carbocycles. The Morgan fingerprint density at radius 1 is 0.944 bits per heavy atom. The third-order valence-electron chi connectivity index (χ3n) is 6.25. The monoisotopic (exact) mass is 489 g/mol. The molecule has 0 aliphatic rings. The summed E-state index contributed by atoms with van der Waals surface area (Å²) in [5.74, 6) is -1.64. The normalized spacial score (nSPS) is 12.2. The van der Waals surface area contributed by atoms with Gasteiger partial charge in [0.15, 0.2) is 11.6 Å². The summed E-state index contributed by atoms with van der Waals surface area (Å²) in [6.07, 6.45) is 15.1. The molecular weight excluding hydrogens is 452 g/mol. The van der Waals surface area contributed by atoms with Crippen LogP contribution in [-0.2, 0) is 11.2 Å². The van der Waals surface area contributed by atoms with Crippen molar-refractivity contribution in [3.8, 4) is 22.4 Å². The largest absolute Gasteiger partial charge is 0.379 e. The number of benzene rings is 2. The number of halogens is 2. The number of rotatable bonds is 14. The minimum absolute atomic E-state index is 0.248. The van der Waals surface area contributed by atoms with Crippen molar-refractivity contribution in [3.63, 3.8) is 0 Å². The molecule has 0 N–H and O–H groups in total. The van der Waals surface area contributed by atoms with Gasteiger partial charge >= 0.3 is 0 Å². The molecule has 1 atom stereocenters. The highest BCUT2D eigenvalue weighted by molar-refractivity contribution is 5.70. The predicted molar refractivity (Wildman–Crippen MR) is 147 cm³/mol. The van der Waals surface area contributed by atoms with Crippen molar-refractivity contribution in [3.05, 3.63) is 96.2 Å². The van der Waals surface area contributed by atoms with Crippen LogP contribution in [0.1, 0.15) is 63.5 Å². The zero-order chi connectivity index (χ0) is 25.8. The molecule has 0 aliphatic heterocycles. The molecule has 1 heterocycles. The Labute approximate surface area is 214 Å². The van der Waals surface area contributed by atoms with E-state index in [0.29, 0.717) is 23.7 Å². The lowest BCUT2D eigenvalue weighted by atomic mass is 9.99. The Balaban J connectivity index is 1.52. The summed E-state index contributed by atoms with van der Waals surface area (Å²) in [6, 6.07) is 14.6. The van der Waals surface area contributed by atoms with Crippen LogP contribution in [0.15, 0.2) is 73.5 Å². The van der Waals surface area contributed by atoms with Gasteiger partial charge in [-0.15, -0.1) is 6.58 Å². The first kappa shape index (κ1) is 27.5. The van der Waals surface area contributed by atoms with Gasteiger partial charge in [0.05, 0.1) is 11.8 Å². The number of hydrogen-bond acceptors (Lipinski definition) is 2. The number of aromatic nitrogens is 1. The molecule has 0 aliphatic carbocycles. The molecule has 190 valence electrons. The lowest BCUT2D eigenvalue weighted by Crippen LogP contribution is -2.08. The van der Waals surface area contributed by atoms with Gasteiger partial charge < -0.3 is 4.74 Å². The van der Waals surface area contributed by atoms with Gasteiger partial charge in [0.2, 0.25) is 0 Å². The maximum absolute atomic E-state index is 14.6. The van der Waals surface area contributed by atoms with Crippen LogP contribution in [0.4, 0.5) is 8.78 Å². The Morgan fingerprint density at radius 3 is 2.42 bits per heavy atom. The highest BCUT2D eigenvalue weighted by atomic mass is 19.2. The second-order valence-electron chi connectivity index (χ2n) is 9.17. The standard InChI is InChI=1S/C32H37F2NO/c1-4-6-10-22-36-24(3)12-8-7-9-13-25-14-21-30(35-23-25)27-17-15-26(16-18-27)29-20-19-28(11-5-2)31(33)32(29)34/h5,9,13-21,23-24H,2,4,6-8,10-12,22H2,1,3H3/b13-9+. The van der Waals surface area contributed by atoms with Crippen molar-refractivity contribution in [1.29, 1.82) is 0 Å². The first-order chi connectivity index (χ1) is 17.5. The summed E-state index contributed by atoms with van der Waals surface area (Å²) in [5.41, 5.74) is 3.99. The van der Waals surface area contributed by atoms with E-state index in [9.17, 15) is 8.78 Å². The molecule has 36 heavy (non-hydrogen) atoms. The van der Waals surface area contributed by atoms with Crippen molar-refractivity contribution in [1.82, 2.24) is 4.98 Å². The van der Waals surface area contributed by atoms with Crippen LogP contribution in [0, 0.1) is 11.6 Å². The van der Waals surface area contributed by atoms with Crippen molar-refractivity contribution < 1.29 is 13.5 Å². The average Bonchev–Trinajstić information content (AvgIpc) is 2.90. The molecule has 3 aromatic rings. The zero-order valence-electron chi connectivity index (χ0n) is 21.5. The van der Waals surface area contributed by atoms with Crippen LogP contribution in [0.5, 0.6) is 0 Å². The van der Waals surface area contributed by atoms with Crippen LogP contribution < -0.4 is 0 Å². The molecule has 0 radical (unpaired) electrons. The molecule has 4 heteroatoms. The third kappa shape index (κ3) is 7.96. The highest BCUT2D eigenvalue weighted by Gasteiger charge is 2.14. The fourth-order valence-corrected chi connectivity index (χ4v) is 4.08. The molecule has 1 unspecified atom stereocenters. The SMILES string of the molecule is C=CCc1ccc(-c2ccc(-c3ccc(/C=C/CCCC(C)OCCCCC)cn3)cc2)c(F)c1F. The van der Waals surface area contributed by atoms with Gasteiger partial charge in [-0.1, -0.05) is 80.5 Å². The van der Waals surface area contributed by atoms with Crippen LogP contribution in [0.2, 0.25) is 0 Å². The molecule has 0 saturated heterocycles. The lowest BCUT2D eigenvalue weighted by molar-refractivity contribution is 0.0566. The quantitative estimate of drug-likeness (QED) is 0.166. The number of ether oxygens (including phenoxy) is 1. The van der Waals surface area contributed by atoms with Gasteiger partial charge in [0.1, 0.15) is 0 Å². The highest BCUT2D eigenvalue weighted by Crippen LogP contribution is 2.29. The van der Waals surface area contributed by atoms with E-state index in [1.165, 1.54) is 12.8 Å². The maximum Gasteiger partial charge on any atom is 0.166 e. The van der Waals surface area contributed by atoms with E-state index in [0.717, 1.165) is 49.1 Å². The summed E-state index contributed by atoms with van der Waals surface area (Å²) in [5, 5.41) is 0. The van der Waals surface area contributed by atoms with Crippen molar-refractivity contribution in [2.75, 3.05) is 6.61 Å². The van der Waals surface area contributed by atoms with E-state index in [-0.39, 0.29) is 5.56 Å². The van der Waals surface area contributed by atoms with Crippen LogP contribution in [0.3, 0.4) is 0 Å². The van der Waals surface area contributed by atoms with E-state index in [4.69, 9.17) is 4.74 Å². The van der Waals surface area contributed by atoms with Crippen LogP contribution >= 0.6 is 0 Å². The number of allylic oxidation sites excluding steroid dienone is 2. The lowest BCUT2D eigenvalue weighted by Gasteiger charge is -2.12. The van der Waals surface area contributed by atoms with Gasteiger partial charge in [0, 0.05) is 23.9 Å². The van der Waals surface area contributed by atoms with Crippen molar-refractivity contribution >= 4 is 6.08 Å². The molecule has 0 fully saturated rings. The van der Waals surface area contributed by atoms with Gasteiger partial charge in [0.25, 0.3) is 0 Å². The second kappa shape index (κ2) is 14.4. The summed E-state index contributed by atoms with van der Waals surface area (Å²) in [7, 11) is 0. The molecule has 1 aromatic heterocycles. The molecule has 0 saturated carbocycles. The van der Waals surface area contributed by atoms with Gasteiger partial charge in [-0.25, -0.2) is 8.78 Å². The summed E-state index contributed by atoms with van der Waals surface area (Å²) >= 11 is 0. The van der Waals surface area contributed by atoms with E-state index in [1.54, 1.807) is 30.3 Å². The fraction of sp³-hybridized carbons (Fsp3) is 0.344. The summed E-state index contributed by atoms with van der Waals surface area (Å²) in [6.45, 7) is 8.81. The van der Waals surface area contributed by atoms with Crippen LogP contribution in [-0.4, -0.2) is 17.7 Å². The number of nitrogens with zero attached hydrogens (tertiary/aromatic N) is 1. The minimum atomic E-state index is -0.828. The summed E-state index contributed by atoms with van der Waals surface area (Å²) < 4.78 is 34.7. The van der Waals surface area contributed by atoms with Gasteiger partial charge in [-0.3, -0.25) is 4.98 Å². The smallest absolute Gasteiger partial charge is 0.166 e. The Bertz CT molecular complexity index is 1120. The first-order valence-corrected chi connectivity index (χ1v) is 13.0. The Kier molecular flexibility index (Phi) is 11.0. The van der Waals surface area contributed by atoms with Gasteiger partial charge in [-0.2, -0.15) is 0 Å². The molecule has 3 rings (SSSR count). The Morgan fingerprint density at radius 2 is 1.72 bits per heavy atom. The topological polar surface area (TPSA) is 22.1 Å². The fourth-order valence-electron chi connectivity index (χ4n) is 4.08. The predicted octanol–water partition coefficient (Wildman–Crippen LogP) is 9.20. The van der Waals surface area contributed by atoms with Gasteiger partial charge in [-0.05, 0) is 61.8 Å². The molecule has 2 nitrogen and oxygen atoms in total. The van der Waals surface area contributed by atoms with E-state index in [1.807, 2.05) is 30.5 Å². The molecule has 0 spiro atoms. The van der Waals surface area contributed by atoms with E-state index >= 15 is 0 Å². The summed E-state index contributed by atoms with van der Waals surface area (Å²) in [4.78, 5) is 4.58.